The average molecular weight is 368 g/mol. The standard InChI is InChI=1S/C22H28N2O3/c1-5-27-20(26)17-11-23-18-7-6-14(8-16(17)18)19(25)24-13-22(4)10-15(24)9-21(2,3)12-22/h6-8,11,15,23H,5,9-10,12-13H2,1-4H3. The highest BCUT2D eigenvalue weighted by molar-refractivity contribution is 6.07. The van der Waals surface area contributed by atoms with E-state index in [4.69, 9.17) is 4.74 Å². The number of hydrogen-bond donors (Lipinski definition) is 1. The van der Waals surface area contributed by atoms with Crippen LogP contribution in [0.25, 0.3) is 10.9 Å². The minimum Gasteiger partial charge on any atom is -0.462 e. The van der Waals surface area contributed by atoms with Gasteiger partial charge in [-0.25, -0.2) is 4.79 Å². The number of hydrogen-bond acceptors (Lipinski definition) is 3. The molecule has 1 aliphatic heterocycles. The Balaban J connectivity index is 1.65. The van der Waals surface area contributed by atoms with Crippen molar-refractivity contribution in [1.82, 2.24) is 9.88 Å². The number of H-pyrrole nitrogens is 1. The summed E-state index contributed by atoms with van der Waals surface area (Å²) in [6.07, 6.45) is 4.95. The van der Waals surface area contributed by atoms with Crippen LogP contribution in [0.5, 0.6) is 0 Å². The van der Waals surface area contributed by atoms with E-state index in [9.17, 15) is 9.59 Å². The molecular formula is C22H28N2O3. The lowest BCUT2D eigenvalue weighted by atomic mass is 9.65. The number of benzene rings is 1. The second-order valence-corrected chi connectivity index (χ2v) is 9.33. The SMILES string of the molecule is CCOC(=O)c1c[nH]c2ccc(C(=O)N3CC4(C)CC3CC(C)(C)C4)cc12. The van der Waals surface area contributed by atoms with Gasteiger partial charge in [0.05, 0.1) is 12.2 Å². The van der Waals surface area contributed by atoms with E-state index < -0.39 is 0 Å². The van der Waals surface area contributed by atoms with Gasteiger partial charge in [0.15, 0.2) is 0 Å². The molecule has 1 saturated heterocycles. The Morgan fingerprint density at radius 2 is 2.04 bits per heavy atom. The van der Waals surface area contributed by atoms with Crippen molar-refractivity contribution < 1.29 is 14.3 Å². The van der Waals surface area contributed by atoms with E-state index in [2.05, 4.69) is 30.7 Å². The van der Waals surface area contributed by atoms with Gasteiger partial charge in [-0.1, -0.05) is 20.8 Å². The van der Waals surface area contributed by atoms with Crippen LogP contribution in [0.1, 0.15) is 67.7 Å². The van der Waals surface area contributed by atoms with Crippen LogP contribution in [0.3, 0.4) is 0 Å². The van der Waals surface area contributed by atoms with Crippen molar-refractivity contribution in [3.63, 3.8) is 0 Å². The van der Waals surface area contributed by atoms with Gasteiger partial charge in [-0.15, -0.1) is 0 Å². The number of aromatic nitrogens is 1. The maximum absolute atomic E-state index is 13.3. The highest BCUT2D eigenvalue weighted by Gasteiger charge is 2.51. The number of aromatic amines is 1. The minimum atomic E-state index is -0.361. The zero-order valence-electron chi connectivity index (χ0n) is 16.6. The molecule has 5 heteroatoms. The normalized spacial score (nSPS) is 26.4. The number of nitrogens with zero attached hydrogens (tertiary/aromatic N) is 1. The molecule has 144 valence electrons. The number of amides is 1. The second-order valence-electron chi connectivity index (χ2n) is 9.33. The van der Waals surface area contributed by atoms with Gasteiger partial charge < -0.3 is 14.6 Å². The summed E-state index contributed by atoms with van der Waals surface area (Å²) in [5, 5.41) is 0.744. The number of carbonyl (C=O) groups excluding carboxylic acids is 2. The van der Waals surface area contributed by atoms with Crippen molar-refractivity contribution in [2.24, 2.45) is 10.8 Å². The molecule has 1 amide bonds. The third kappa shape index (κ3) is 3.13. The van der Waals surface area contributed by atoms with E-state index in [1.807, 2.05) is 18.2 Å². The fraction of sp³-hybridized carbons (Fsp3) is 0.545. The predicted molar refractivity (Wildman–Crippen MR) is 105 cm³/mol. The van der Waals surface area contributed by atoms with Crippen LogP contribution in [-0.4, -0.2) is 41.0 Å². The smallest absolute Gasteiger partial charge is 0.340 e. The lowest BCUT2D eigenvalue weighted by molar-refractivity contribution is 0.0528. The lowest BCUT2D eigenvalue weighted by Gasteiger charge is -2.39. The van der Waals surface area contributed by atoms with Gasteiger partial charge in [-0.3, -0.25) is 4.79 Å². The Morgan fingerprint density at radius 3 is 2.78 bits per heavy atom. The summed E-state index contributed by atoms with van der Waals surface area (Å²) in [5.74, 6) is -0.293. The van der Waals surface area contributed by atoms with Crippen molar-refractivity contribution >= 4 is 22.8 Å². The molecule has 1 aromatic carbocycles. The molecule has 2 heterocycles. The molecule has 2 fully saturated rings. The molecule has 0 radical (unpaired) electrons. The Morgan fingerprint density at radius 1 is 1.26 bits per heavy atom. The number of ether oxygens (including phenoxy) is 1. The molecule has 1 saturated carbocycles. The van der Waals surface area contributed by atoms with E-state index in [1.165, 1.54) is 0 Å². The molecular weight excluding hydrogens is 340 g/mol. The minimum absolute atomic E-state index is 0.0688. The van der Waals surface area contributed by atoms with Crippen molar-refractivity contribution in [3.8, 4) is 0 Å². The molecule has 2 unspecified atom stereocenters. The summed E-state index contributed by atoms with van der Waals surface area (Å²) in [4.78, 5) is 30.7. The van der Waals surface area contributed by atoms with Gasteiger partial charge in [0.25, 0.3) is 5.91 Å². The first-order chi connectivity index (χ1) is 12.7. The van der Waals surface area contributed by atoms with E-state index in [0.29, 0.717) is 23.8 Å². The van der Waals surface area contributed by atoms with Gasteiger partial charge >= 0.3 is 5.97 Å². The molecule has 4 rings (SSSR count). The number of nitrogens with one attached hydrogen (secondary N) is 1. The lowest BCUT2D eigenvalue weighted by Crippen LogP contribution is -2.37. The van der Waals surface area contributed by atoms with Gasteiger partial charge in [0.2, 0.25) is 0 Å². The molecule has 1 aliphatic carbocycles. The van der Waals surface area contributed by atoms with Crippen LogP contribution in [0.15, 0.2) is 24.4 Å². The summed E-state index contributed by atoms with van der Waals surface area (Å²) in [6, 6.07) is 5.86. The van der Waals surface area contributed by atoms with E-state index >= 15 is 0 Å². The van der Waals surface area contributed by atoms with Gasteiger partial charge in [-0.05, 0) is 55.2 Å². The molecule has 1 aromatic heterocycles. The number of rotatable bonds is 3. The van der Waals surface area contributed by atoms with Gasteiger partial charge in [0.1, 0.15) is 0 Å². The molecule has 2 aliphatic rings. The summed E-state index contributed by atoms with van der Waals surface area (Å²) in [6.45, 7) is 9.85. The first-order valence-electron chi connectivity index (χ1n) is 9.81. The van der Waals surface area contributed by atoms with Crippen molar-refractivity contribution in [2.75, 3.05) is 13.2 Å². The Labute approximate surface area is 160 Å². The quantitative estimate of drug-likeness (QED) is 0.818. The monoisotopic (exact) mass is 368 g/mol. The summed E-state index contributed by atoms with van der Waals surface area (Å²) in [7, 11) is 0. The van der Waals surface area contributed by atoms with Crippen LogP contribution in [-0.2, 0) is 4.74 Å². The van der Waals surface area contributed by atoms with Crippen molar-refractivity contribution in [1.29, 1.82) is 0 Å². The van der Waals surface area contributed by atoms with Gasteiger partial charge in [0, 0.05) is 35.2 Å². The summed E-state index contributed by atoms with van der Waals surface area (Å²) < 4.78 is 5.13. The largest absolute Gasteiger partial charge is 0.462 e. The van der Waals surface area contributed by atoms with Crippen molar-refractivity contribution in [2.45, 2.75) is 53.0 Å². The van der Waals surface area contributed by atoms with Crippen molar-refractivity contribution in [3.05, 3.63) is 35.5 Å². The summed E-state index contributed by atoms with van der Waals surface area (Å²) in [5.41, 5.74) is 2.43. The number of esters is 1. The maximum atomic E-state index is 13.3. The molecule has 2 atom stereocenters. The van der Waals surface area contributed by atoms with Crippen LogP contribution in [0.2, 0.25) is 0 Å². The maximum Gasteiger partial charge on any atom is 0.340 e. The van der Waals surface area contributed by atoms with Crippen LogP contribution >= 0.6 is 0 Å². The fourth-order valence-corrected chi connectivity index (χ4v) is 5.49. The van der Waals surface area contributed by atoms with Crippen LogP contribution in [0.4, 0.5) is 0 Å². The third-order valence-electron chi connectivity index (χ3n) is 6.10. The van der Waals surface area contributed by atoms with Crippen LogP contribution < -0.4 is 0 Å². The molecule has 2 bridgehead atoms. The molecule has 5 nitrogen and oxygen atoms in total. The first-order valence-corrected chi connectivity index (χ1v) is 9.81. The molecule has 2 aromatic rings. The van der Waals surface area contributed by atoms with Gasteiger partial charge in [-0.2, -0.15) is 0 Å². The Bertz CT molecular complexity index is 913. The second kappa shape index (κ2) is 6.11. The zero-order chi connectivity index (χ0) is 19.4. The van der Waals surface area contributed by atoms with E-state index in [1.54, 1.807) is 13.1 Å². The topological polar surface area (TPSA) is 62.4 Å². The predicted octanol–water partition coefficient (Wildman–Crippen LogP) is 4.39. The number of fused-ring (bicyclic) bond motifs is 3. The average Bonchev–Trinajstić information content (AvgIpc) is 3.11. The van der Waals surface area contributed by atoms with Crippen LogP contribution in [0, 0.1) is 10.8 Å². The third-order valence-corrected chi connectivity index (χ3v) is 6.10. The van der Waals surface area contributed by atoms with E-state index in [0.717, 1.165) is 36.7 Å². The highest BCUT2D eigenvalue weighted by atomic mass is 16.5. The number of carbonyl (C=O) groups is 2. The molecule has 0 spiro atoms. The fourth-order valence-electron chi connectivity index (χ4n) is 5.49. The Hall–Kier alpha value is -2.30. The Kier molecular flexibility index (Phi) is 4.09. The van der Waals surface area contributed by atoms with E-state index in [-0.39, 0.29) is 22.7 Å². The number of likely N-dealkylation sites (tertiary alicyclic amines) is 1. The molecule has 1 N–H and O–H groups in total. The molecule has 27 heavy (non-hydrogen) atoms. The summed E-state index contributed by atoms with van der Waals surface area (Å²) >= 11 is 0. The highest BCUT2D eigenvalue weighted by Crippen LogP contribution is 2.52. The first kappa shape index (κ1) is 18.1. The zero-order valence-corrected chi connectivity index (χ0v) is 16.6.